The number of nitrogens with two attached hydrogens (primary N) is 1. The van der Waals surface area contributed by atoms with Crippen LogP contribution in [0.1, 0.15) is 22.9 Å². The molecule has 1 fully saturated rings. The van der Waals surface area contributed by atoms with E-state index in [0.29, 0.717) is 23.9 Å². The summed E-state index contributed by atoms with van der Waals surface area (Å²) < 4.78 is 1.64. The van der Waals surface area contributed by atoms with E-state index >= 15 is 0 Å². The maximum atomic E-state index is 12.4. The number of rotatable bonds is 2. The van der Waals surface area contributed by atoms with Crippen molar-refractivity contribution in [3.63, 3.8) is 0 Å². The van der Waals surface area contributed by atoms with Crippen molar-refractivity contribution < 1.29 is 4.79 Å². The molecule has 1 amide bonds. The molecule has 0 radical (unpaired) electrons. The Morgan fingerprint density at radius 2 is 2.10 bits per heavy atom. The standard InChI is InChI=1S/C14H16ClN5O/c1-9-17-13(14(21)19-7-6-11(16)8-19)18-20(9)12-4-2-10(15)3-5-12/h2-5,11H,6-8,16H2,1H3/t11-/m1/s1. The predicted octanol–water partition coefficient (Wildman–Crippen LogP) is 1.40. The number of hydrogen-bond donors (Lipinski definition) is 1. The molecule has 3 rings (SSSR count). The Kier molecular flexibility index (Phi) is 3.65. The lowest BCUT2D eigenvalue weighted by molar-refractivity contribution is 0.0779. The van der Waals surface area contributed by atoms with Crippen LogP contribution in [0.25, 0.3) is 5.69 Å². The van der Waals surface area contributed by atoms with E-state index in [4.69, 9.17) is 17.3 Å². The van der Waals surface area contributed by atoms with Gasteiger partial charge in [0.1, 0.15) is 5.82 Å². The molecule has 1 aromatic carbocycles. The molecule has 1 saturated heterocycles. The van der Waals surface area contributed by atoms with Gasteiger partial charge in [-0.1, -0.05) is 11.6 Å². The van der Waals surface area contributed by atoms with Crippen LogP contribution in [0.5, 0.6) is 0 Å². The van der Waals surface area contributed by atoms with E-state index in [1.165, 1.54) is 0 Å². The molecule has 0 spiro atoms. The van der Waals surface area contributed by atoms with E-state index in [1.54, 1.807) is 21.7 Å². The number of amides is 1. The first kappa shape index (κ1) is 14.0. The van der Waals surface area contributed by atoms with Gasteiger partial charge in [-0.05, 0) is 37.6 Å². The molecule has 110 valence electrons. The number of halogens is 1. The Morgan fingerprint density at radius 3 is 2.71 bits per heavy atom. The molecule has 6 nitrogen and oxygen atoms in total. The van der Waals surface area contributed by atoms with Crippen molar-refractivity contribution in [1.82, 2.24) is 19.7 Å². The van der Waals surface area contributed by atoms with Gasteiger partial charge < -0.3 is 10.6 Å². The van der Waals surface area contributed by atoms with Crippen LogP contribution in [0.3, 0.4) is 0 Å². The van der Waals surface area contributed by atoms with Crippen LogP contribution in [-0.4, -0.2) is 44.7 Å². The van der Waals surface area contributed by atoms with Crippen LogP contribution in [0.4, 0.5) is 0 Å². The molecular weight excluding hydrogens is 290 g/mol. The summed E-state index contributed by atoms with van der Waals surface area (Å²) in [5.74, 6) is 0.694. The van der Waals surface area contributed by atoms with Crippen LogP contribution < -0.4 is 5.73 Å². The zero-order chi connectivity index (χ0) is 15.0. The quantitative estimate of drug-likeness (QED) is 0.910. The van der Waals surface area contributed by atoms with Crippen LogP contribution >= 0.6 is 11.6 Å². The Morgan fingerprint density at radius 1 is 1.38 bits per heavy atom. The van der Waals surface area contributed by atoms with Crippen LogP contribution in [0.15, 0.2) is 24.3 Å². The topological polar surface area (TPSA) is 77.0 Å². The highest BCUT2D eigenvalue weighted by Crippen LogP contribution is 2.16. The van der Waals surface area contributed by atoms with Gasteiger partial charge in [0.2, 0.25) is 5.82 Å². The van der Waals surface area contributed by atoms with Crippen LogP contribution in [0.2, 0.25) is 5.02 Å². The van der Waals surface area contributed by atoms with Crippen LogP contribution in [-0.2, 0) is 0 Å². The van der Waals surface area contributed by atoms with Gasteiger partial charge >= 0.3 is 0 Å². The molecule has 1 atom stereocenters. The minimum atomic E-state index is -0.168. The lowest BCUT2D eigenvalue weighted by Gasteiger charge is -2.12. The average Bonchev–Trinajstić information content (AvgIpc) is 3.05. The van der Waals surface area contributed by atoms with Crippen molar-refractivity contribution in [2.45, 2.75) is 19.4 Å². The molecule has 2 aromatic rings. The summed E-state index contributed by atoms with van der Waals surface area (Å²) in [5.41, 5.74) is 6.65. The van der Waals surface area contributed by atoms with Gasteiger partial charge in [0, 0.05) is 24.2 Å². The first-order chi connectivity index (χ1) is 10.0. The summed E-state index contributed by atoms with van der Waals surface area (Å²) in [6.07, 6.45) is 0.822. The summed E-state index contributed by atoms with van der Waals surface area (Å²) in [6.45, 7) is 3.04. The fourth-order valence-electron chi connectivity index (χ4n) is 2.42. The SMILES string of the molecule is Cc1nc(C(=O)N2CC[C@@H](N)C2)nn1-c1ccc(Cl)cc1. The van der Waals surface area contributed by atoms with E-state index in [0.717, 1.165) is 12.1 Å². The predicted molar refractivity (Wildman–Crippen MR) is 79.6 cm³/mol. The van der Waals surface area contributed by atoms with Crippen molar-refractivity contribution in [1.29, 1.82) is 0 Å². The monoisotopic (exact) mass is 305 g/mol. The van der Waals surface area contributed by atoms with E-state index in [9.17, 15) is 4.79 Å². The molecule has 7 heteroatoms. The summed E-state index contributed by atoms with van der Waals surface area (Å²) >= 11 is 5.88. The van der Waals surface area contributed by atoms with Crippen molar-refractivity contribution in [3.8, 4) is 5.69 Å². The second-order valence-corrected chi connectivity index (χ2v) is 5.61. The lowest BCUT2D eigenvalue weighted by Crippen LogP contribution is -2.32. The van der Waals surface area contributed by atoms with Gasteiger partial charge in [-0.2, -0.15) is 0 Å². The third-order valence-corrected chi connectivity index (χ3v) is 3.80. The minimum Gasteiger partial charge on any atom is -0.334 e. The number of likely N-dealkylation sites (tertiary alicyclic amines) is 1. The molecule has 0 bridgehead atoms. The van der Waals surface area contributed by atoms with Gasteiger partial charge in [-0.15, -0.1) is 5.10 Å². The molecule has 1 aromatic heterocycles. The van der Waals surface area contributed by atoms with Crippen LogP contribution in [0, 0.1) is 6.92 Å². The fourth-order valence-corrected chi connectivity index (χ4v) is 2.55. The first-order valence-electron chi connectivity index (χ1n) is 6.79. The highest BCUT2D eigenvalue weighted by Gasteiger charge is 2.27. The Balaban J connectivity index is 1.87. The second kappa shape index (κ2) is 5.46. The number of carbonyl (C=O) groups excluding carboxylic acids is 1. The molecule has 1 aliphatic heterocycles. The number of aryl methyl sites for hydroxylation is 1. The maximum Gasteiger partial charge on any atom is 0.293 e. The molecule has 0 unspecified atom stereocenters. The molecule has 2 N–H and O–H groups in total. The van der Waals surface area contributed by atoms with Gasteiger partial charge in [0.25, 0.3) is 5.91 Å². The van der Waals surface area contributed by atoms with E-state index in [-0.39, 0.29) is 17.8 Å². The van der Waals surface area contributed by atoms with Gasteiger partial charge in [-0.25, -0.2) is 9.67 Å². The number of benzene rings is 1. The van der Waals surface area contributed by atoms with Crippen molar-refractivity contribution in [2.24, 2.45) is 5.73 Å². The van der Waals surface area contributed by atoms with Gasteiger partial charge in [0.05, 0.1) is 5.69 Å². The first-order valence-corrected chi connectivity index (χ1v) is 7.17. The number of nitrogens with zero attached hydrogens (tertiary/aromatic N) is 4. The van der Waals surface area contributed by atoms with Gasteiger partial charge in [0.15, 0.2) is 0 Å². The Hall–Kier alpha value is -1.92. The number of aromatic nitrogens is 3. The average molecular weight is 306 g/mol. The van der Waals surface area contributed by atoms with Gasteiger partial charge in [-0.3, -0.25) is 4.79 Å². The third-order valence-electron chi connectivity index (χ3n) is 3.54. The Labute approximate surface area is 127 Å². The number of hydrogen-bond acceptors (Lipinski definition) is 4. The zero-order valence-electron chi connectivity index (χ0n) is 11.7. The molecular formula is C14H16ClN5O. The van der Waals surface area contributed by atoms with E-state index in [1.807, 2.05) is 19.1 Å². The molecule has 1 aliphatic rings. The molecule has 0 saturated carbocycles. The number of carbonyl (C=O) groups is 1. The zero-order valence-corrected chi connectivity index (χ0v) is 12.4. The maximum absolute atomic E-state index is 12.4. The highest BCUT2D eigenvalue weighted by molar-refractivity contribution is 6.30. The van der Waals surface area contributed by atoms with E-state index < -0.39 is 0 Å². The molecule has 21 heavy (non-hydrogen) atoms. The second-order valence-electron chi connectivity index (χ2n) is 5.17. The van der Waals surface area contributed by atoms with E-state index in [2.05, 4.69) is 10.1 Å². The fraction of sp³-hybridized carbons (Fsp3) is 0.357. The smallest absolute Gasteiger partial charge is 0.293 e. The highest BCUT2D eigenvalue weighted by atomic mass is 35.5. The lowest BCUT2D eigenvalue weighted by atomic mass is 10.3. The van der Waals surface area contributed by atoms with Crippen molar-refractivity contribution >= 4 is 17.5 Å². The Bertz CT molecular complexity index is 667. The largest absolute Gasteiger partial charge is 0.334 e. The summed E-state index contributed by atoms with van der Waals surface area (Å²) in [5, 5.41) is 4.96. The van der Waals surface area contributed by atoms with Crippen molar-refractivity contribution in [2.75, 3.05) is 13.1 Å². The summed E-state index contributed by atoms with van der Waals surface area (Å²) in [7, 11) is 0. The molecule has 2 heterocycles. The van der Waals surface area contributed by atoms with Crippen molar-refractivity contribution in [3.05, 3.63) is 40.9 Å². The summed E-state index contributed by atoms with van der Waals surface area (Å²) in [6, 6.07) is 7.28. The third kappa shape index (κ3) is 2.77. The molecule has 0 aliphatic carbocycles. The normalized spacial score (nSPS) is 18.2. The minimum absolute atomic E-state index is 0.0494. The summed E-state index contributed by atoms with van der Waals surface area (Å²) in [4.78, 5) is 18.3.